The van der Waals surface area contributed by atoms with E-state index in [4.69, 9.17) is 23.2 Å². The van der Waals surface area contributed by atoms with Gasteiger partial charge < -0.3 is 14.8 Å². The normalized spacial score (nSPS) is 10.4. The van der Waals surface area contributed by atoms with E-state index in [0.29, 0.717) is 28.0 Å². The van der Waals surface area contributed by atoms with Gasteiger partial charge in [0.25, 0.3) is 5.91 Å². The summed E-state index contributed by atoms with van der Waals surface area (Å²) in [4.78, 5) is 26.1. The number of likely N-dealkylation sites (N-methyl/N-ethyl adjacent to an activating group) is 1. The lowest BCUT2D eigenvalue weighted by atomic mass is 10.3. The second-order valence-electron chi connectivity index (χ2n) is 4.97. The highest BCUT2D eigenvalue weighted by atomic mass is 35.5. The third-order valence-corrected chi connectivity index (χ3v) is 4.02. The second-order valence-corrected chi connectivity index (χ2v) is 5.78. The highest BCUT2D eigenvalue weighted by Crippen LogP contribution is 2.29. The van der Waals surface area contributed by atoms with Gasteiger partial charge in [0.15, 0.2) is 0 Å². The summed E-state index contributed by atoms with van der Waals surface area (Å²) in [6, 6.07) is 8.46. The fourth-order valence-electron chi connectivity index (χ4n) is 2.14. The summed E-state index contributed by atoms with van der Waals surface area (Å²) >= 11 is 12.1. The van der Waals surface area contributed by atoms with Crippen molar-refractivity contribution in [1.29, 1.82) is 0 Å². The third kappa shape index (κ3) is 4.06. The van der Waals surface area contributed by atoms with Crippen LogP contribution >= 0.6 is 23.2 Å². The van der Waals surface area contributed by atoms with Gasteiger partial charge >= 0.3 is 0 Å². The van der Waals surface area contributed by atoms with Gasteiger partial charge in [-0.05, 0) is 31.2 Å². The molecule has 0 spiro atoms. The number of hydrogen-bond donors (Lipinski definition) is 1. The molecule has 0 unspecified atom stereocenters. The van der Waals surface area contributed by atoms with Crippen LogP contribution in [0.15, 0.2) is 36.5 Å². The SMILES string of the molecule is CCN(CC(=O)Nc1c(Cl)cccc1Cl)C(=O)c1cccn1C. The number of nitrogens with zero attached hydrogens (tertiary/aromatic N) is 2. The zero-order valence-corrected chi connectivity index (χ0v) is 14.4. The quantitative estimate of drug-likeness (QED) is 0.894. The molecule has 1 aromatic heterocycles. The topological polar surface area (TPSA) is 54.3 Å². The molecule has 0 atom stereocenters. The van der Waals surface area contributed by atoms with E-state index < -0.39 is 0 Å². The smallest absolute Gasteiger partial charge is 0.270 e. The number of para-hydroxylation sites is 1. The van der Waals surface area contributed by atoms with E-state index in [2.05, 4.69) is 5.32 Å². The molecule has 0 saturated heterocycles. The highest BCUT2D eigenvalue weighted by molar-refractivity contribution is 6.39. The first kappa shape index (κ1) is 17.4. The van der Waals surface area contributed by atoms with Crippen LogP contribution in [0.25, 0.3) is 0 Å². The number of benzene rings is 1. The molecule has 0 aliphatic heterocycles. The van der Waals surface area contributed by atoms with Gasteiger partial charge in [-0.15, -0.1) is 0 Å². The predicted octanol–water partition coefficient (Wildman–Crippen LogP) is 3.43. The van der Waals surface area contributed by atoms with E-state index in [0.717, 1.165) is 0 Å². The van der Waals surface area contributed by atoms with Crippen LogP contribution in [0.4, 0.5) is 5.69 Å². The van der Waals surface area contributed by atoms with E-state index in [1.165, 1.54) is 4.90 Å². The second kappa shape index (κ2) is 7.53. The van der Waals surface area contributed by atoms with Crippen molar-refractivity contribution >= 4 is 40.7 Å². The molecule has 2 aromatic rings. The number of rotatable bonds is 5. The first-order valence-corrected chi connectivity index (χ1v) is 7.84. The largest absolute Gasteiger partial charge is 0.347 e. The lowest BCUT2D eigenvalue weighted by molar-refractivity contribution is -0.116. The Morgan fingerprint density at radius 2 is 1.83 bits per heavy atom. The molecule has 23 heavy (non-hydrogen) atoms. The van der Waals surface area contributed by atoms with Crippen molar-refractivity contribution in [2.45, 2.75) is 6.92 Å². The summed E-state index contributed by atoms with van der Waals surface area (Å²) in [6.07, 6.45) is 1.78. The molecule has 7 heteroatoms. The van der Waals surface area contributed by atoms with Crippen molar-refractivity contribution in [2.24, 2.45) is 7.05 Å². The summed E-state index contributed by atoms with van der Waals surface area (Å²) < 4.78 is 1.72. The molecular weight excluding hydrogens is 337 g/mol. The maximum Gasteiger partial charge on any atom is 0.270 e. The Morgan fingerprint density at radius 3 is 2.35 bits per heavy atom. The van der Waals surface area contributed by atoms with Crippen LogP contribution in [0, 0.1) is 0 Å². The van der Waals surface area contributed by atoms with Crippen LogP contribution in [-0.4, -0.2) is 34.4 Å². The lowest BCUT2D eigenvalue weighted by Gasteiger charge is -2.21. The minimum Gasteiger partial charge on any atom is -0.347 e. The Balaban J connectivity index is 2.09. The van der Waals surface area contributed by atoms with Gasteiger partial charge in [-0.25, -0.2) is 0 Å². The Labute approximate surface area is 144 Å². The maximum absolute atomic E-state index is 12.5. The van der Waals surface area contributed by atoms with E-state index in [-0.39, 0.29) is 18.4 Å². The Kier molecular flexibility index (Phi) is 5.69. The average Bonchev–Trinajstić information content (AvgIpc) is 2.94. The van der Waals surface area contributed by atoms with Gasteiger partial charge in [0.05, 0.1) is 15.7 Å². The Bertz CT molecular complexity index is 708. The molecule has 0 saturated carbocycles. The molecule has 1 N–H and O–H groups in total. The van der Waals surface area contributed by atoms with Crippen molar-refractivity contribution in [2.75, 3.05) is 18.4 Å². The number of carbonyl (C=O) groups excluding carboxylic acids is 2. The van der Waals surface area contributed by atoms with E-state index in [1.807, 2.05) is 6.92 Å². The zero-order chi connectivity index (χ0) is 17.0. The van der Waals surface area contributed by atoms with Crippen LogP contribution in [0.5, 0.6) is 0 Å². The number of nitrogens with one attached hydrogen (secondary N) is 1. The fourth-order valence-corrected chi connectivity index (χ4v) is 2.63. The van der Waals surface area contributed by atoms with Gasteiger partial charge in [0.2, 0.25) is 5.91 Å². The van der Waals surface area contributed by atoms with Gasteiger partial charge in [-0.3, -0.25) is 9.59 Å². The molecule has 122 valence electrons. The van der Waals surface area contributed by atoms with E-state index >= 15 is 0 Å². The fraction of sp³-hybridized carbons (Fsp3) is 0.250. The number of aromatic nitrogens is 1. The number of halogens is 2. The van der Waals surface area contributed by atoms with Crippen LogP contribution < -0.4 is 5.32 Å². The molecule has 2 rings (SSSR count). The first-order chi connectivity index (χ1) is 10.9. The molecule has 1 heterocycles. The third-order valence-electron chi connectivity index (χ3n) is 3.39. The predicted molar refractivity (Wildman–Crippen MR) is 92.1 cm³/mol. The van der Waals surface area contributed by atoms with Gasteiger partial charge in [0.1, 0.15) is 12.2 Å². The summed E-state index contributed by atoms with van der Waals surface area (Å²) in [6.45, 7) is 2.15. The van der Waals surface area contributed by atoms with E-state index in [9.17, 15) is 9.59 Å². The molecule has 0 bridgehead atoms. The molecule has 5 nitrogen and oxygen atoms in total. The summed E-state index contributed by atoms with van der Waals surface area (Å²) in [5, 5.41) is 3.35. The van der Waals surface area contributed by atoms with Crippen molar-refractivity contribution in [3.8, 4) is 0 Å². The van der Waals surface area contributed by atoms with Crippen LogP contribution in [-0.2, 0) is 11.8 Å². The van der Waals surface area contributed by atoms with Crippen molar-refractivity contribution in [3.63, 3.8) is 0 Å². The Hall–Kier alpha value is -1.98. The van der Waals surface area contributed by atoms with E-state index in [1.54, 1.807) is 48.1 Å². The summed E-state index contributed by atoms with van der Waals surface area (Å²) in [7, 11) is 1.78. The average molecular weight is 354 g/mol. The molecule has 0 aliphatic rings. The van der Waals surface area contributed by atoms with Crippen LogP contribution in [0.2, 0.25) is 10.0 Å². The van der Waals surface area contributed by atoms with Gasteiger partial charge in [-0.2, -0.15) is 0 Å². The highest BCUT2D eigenvalue weighted by Gasteiger charge is 2.20. The van der Waals surface area contributed by atoms with Gasteiger partial charge in [0, 0.05) is 19.8 Å². The standard InChI is InChI=1S/C16H17Cl2N3O2/c1-3-21(16(23)13-8-5-9-20(13)2)10-14(22)19-15-11(17)6-4-7-12(15)18/h4-9H,3,10H2,1-2H3,(H,19,22). The molecule has 2 amide bonds. The van der Waals surface area contributed by atoms with Crippen molar-refractivity contribution in [3.05, 3.63) is 52.3 Å². The minimum absolute atomic E-state index is 0.0813. The molecular formula is C16H17Cl2N3O2. The van der Waals surface area contributed by atoms with Crippen molar-refractivity contribution < 1.29 is 9.59 Å². The number of aryl methyl sites for hydroxylation is 1. The minimum atomic E-state index is -0.357. The Morgan fingerprint density at radius 1 is 1.17 bits per heavy atom. The van der Waals surface area contributed by atoms with Crippen molar-refractivity contribution in [1.82, 2.24) is 9.47 Å². The molecule has 0 radical (unpaired) electrons. The number of hydrogen-bond acceptors (Lipinski definition) is 2. The molecule has 0 aliphatic carbocycles. The molecule has 0 fully saturated rings. The van der Waals surface area contributed by atoms with Crippen LogP contribution in [0.1, 0.15) is 17.4 Å². The molecule has 1 aromatic carbocycles. The number of anilines is 1. The summed E-state index contributed by atoms with van der Waals surface area (Å²) in [5.74, 6) is -0.565. The number of carbonyl (C=O) groups is 2. The summed E-state index contributed by atoms with van der Waals surface area (Å²) in [5.41, 5.74) is 0.874. The number of amides is 2. The lowest BCUT2D eigenvalue weighted by Crippen LogP contribution is -2.38. The van der Waals surface area contributed by atoms with Crippen LogP contribution in [0.3, 0.4) is 0 Å². The monoisotopic (exact) mass is 353 g/mol. The van der Waals surface area contributed by atoms with Gasteiger partial charge in [-0.1, -0.05) is 29.3 Å². The maximum atomic E-state index is 12.5. The zero-order valence-electron chi connectivity index (χ0n) is 12.8. The first-order valence-electron chi connectivity index (χ1n) is 7.08.